The van der Waals surface area contributed by atoms with Crippen molar-refractivity contribution < 1.29 is 14.3 Å². The maximum Gasteiger partial charge on any atom is 0.276 e. The summed E-state index contributed by atoms with van der Waals surface area (Å²) in [6.07, 6.45) is 3.62. The minimum Gasteiger partial charge on any atom is -0.488 e. The van der Waals surface area contributed by atoms with Crippen LogP contribution in [-0.4, -0.2) is 45.7 Å². The van der Waals surface area contributed by atoms with E-state index in [1.807, 2.05) is 38.2 Å². The number of carbonyl (C=O) groups is 2. The van der Waals surface area contributed by atoms with Gasteiger partial charge in [-0.05, 0) is 30.7 Å². The highest BCUT2D eigenvalue weighted by Crippen LogP contribution is 2.28. The largest absolute Gasteiger partial charge is 0.488 e. The van der Waals surface area contributed by atoms with E-state index in [1.165, 1.54) is 6.08 Å². The number of hydrogen-bond acceptors (Lipinski definition) is 4. The summed E-state index contributed by atoms with van der Waals surface area (Å²) in [6, 6.07) is 9.17. The molecule has 0 saturated carbocycles. The van der Waals surface area contributed by atoms with Crippen molar-refractivity contribution in [3.05, 3.63) is 54.4 Å². The smallest absolute Gasteiger partial charge is 0.276 e. The van der Waals surface area contributed by atoms with E-state index in [4.69, 9.17) is 4.74 Å². The van der Waals surface area contributed by atoms with E-state index in [0.29, 0.717) is 30.2 Å². The summed E-state index contributed by atoms with van der Waals surface area (Å²) < 4.78 is 7.85. The van der Waals surface area contributed by atoms with Crippen molar-refractivity contribution in [2.75, 3.05) is 18.4 Å². The monoisotopic (exact) mass is 382 g/mol. The number of aromatic nitrogens is 2. The summed E-state index contributed by atoms with van der Waals surface area (Å²) in [5.74, 6) is 0.307. The second kappa shape index (κ2) is 8.73. The van der Waals surface area contributed by atoms with Crippen LogP contribution < -0.4 is 10.1 Å². The van der Waals surface area contributed by atoms with Gasteiger partial charge in [-0.1, -0.05) is 25.6 Å². The number of piperidine rings is 1. The van der Waals surface area contributed by atoms with Crippen LogP contribution in [0, 0.1) is 0 Å². The molecule has 0 radical (unpaired) electrons. The van der Waals surface area contributed by atoms with Crippen LogP contribution in [0.3, 0.4) is 0 Å². The average Bonchev–Trinajstić information content (AvgIpc) is 3.10. The highest BCUT2D eigenvalue weighted by molar-refractivity contribution is 6.03. The van der Waals surface area contributed by atoms with E-state index < -0.39 is 0 Å². The molecular weight excluding hydrogens is 356 g/mol. The summed E-state index contributed by atoms with van der Waals surface area (Å²) in [6.45, 7) is 6.83. The third-order valence-electron chi connectivity index (χ3n) is 4.93. The Kier molecular flexibility index (Phi) is 6.13. The highest BCUT2D eigenvalue weighted by Gasteiger charge is 2.23. The number of nitrogens with one attached hydrogen (secondary N) is 1. The molecule has 1 aliphatic rings. The van der Waals surface area contributed by atoms with E-state index in [2.05, 4.69) is 17.0 Å². The molecule has 2 heterocycles. The number of anilines is 1. The lowest BCUT2D eigenvalue weighted by Crippen LogP contribution is -2.41. The quantitative estimate of drug-likeness (QED) is 0.780. The lowest BCUT2D eigenvalue weighted by atomic mass is 10.1. The van der Waals surface area contributed by atoms with Gasteiger partial charge in [-0.15, -0.1) is 0 Å². The molecule has 7 heteroatoms. The van der Waals surface area contributed by atoms with Gasteiger partial charge in [0.1, 0.15) is 11.9 Å². The van der Waals surface area contributed by atoms with E-state index in [0.717, 1.165) is 25.0 Å². The fourth-order valence-electron chi connectivity index (χ4n) is 3.31. The zero-order valence-corrected chi connectivity index (χ0v) is 16.4. The number of rotatable bonds is 6. The lowest BCUT2D eigenvalue weighted by molar-refractivity contribution is -0.127. The molecule has 1 N–H and O–H groups in total. The molecule has 1 aromatic heterocycles. The molecule has 1 saturated heterocycles. The molecule has 1 aromatic carbocycles. The number of para-hydroxylation sites is 2. The Bertz CT molecular complexity index is 866. The number of amides is 2. The van der Waals surface area contributed by atoms with Gasteiger partial charge in [0.15, 0.2) is 5.69 Å². The van der Waals surface area contributed by atoms with Gasteiger partial charge in [0, 0.05) is 38.7 Å². The molecular formula is C21H26N4O3. The second-order valence-corrected chi connectivity index (χ2v) is 6.79. The molecule has 0 aliphatic carbocycles. The molecule has 0 atom stereocenters. The number of aryl methyl sites for hydroxylation is 2. The molecule has 0 unspecified atom stereocenters. The summed E-state index contributed by atoms with van der Waals surface area (Å²) >= 11 is 0. The van der Waals surface area contributed by atoms with Crippen LogP contribution in [0.15, 0.2) is 43.0 Å². The Morgan fingerprint density at radius 2 is 2.04 bits per heavy atom. The Hall–Kier alpha value is -3.09. The molecule has 0 spiro atoms. The van der Waals surface area contributed by atoms with Crippen molar-refractivity contribution >= 4 is 17.5 Å². The van der Waals surface area contributed by atoms with Crippen LogP contribution in [0.1, 0.15) is 35.9 Å². The van der Waals surface area contributed by atoms with Gasteiger partial charge < -0.3 is 15.0 Å². The number of nitrogens with zero attached hydrogens (tertiary/aromatic N) is 3. The number of hydrogen-bond donors (Lipinski definition) is 1. The average molecular weight is 382 g/mol. The van der Waals surface area contributed by atoms with Gasteiger partial charge in [0.2, 0.25) is 5.91 Å². The van der Waals surface area contributed by atoms with Crippen LogP contribution in [0.5, 0.6) is 5.75 Å². The SMILES string of the molecule is C=CC(=O)N1CCC(Oc2ccccc2NC(=O)c2cc(CC)n(C)n2)CC1. The normalized spacial score (nSPS) is 14.6. The van der Waals surface area contributed by atoms with E-state index >= 15 is 0 Å². The minimum absolute atomic E-state index is 0.00605. The molecule has 1 fully saturated rings. The maximum absolute atomic E-state index is 12.6. The topological polar surface area (TPSA) is 76.5 Å². The molecule has 1 aliphatic heterocycles. The van der Waals surface area contributed by atoms with Crippen molar-refractivity contribution in [2.24, 2.45) is 7.05 Å². The van der Waals surface area contributed by atoms with Crippen LogP contribution in [0.4, 0.5) is 5.69 Å². The van der Waals surface area contributed by atoms with Gasteiger partial charge >= 0.3 is 0 Å². The molecule has 148 valence electrons. The van der Waals surface area contributed by atoms with Gasteiger partial charge in [0.25, 0.3) is 5.91 Å². The van der Waals surface area contributed by atoms with Gasteiger partial charge in [0.05, 0.1) is 5.69 Å². The summed E-state index contributed by atoms with van der Waals surface area (Å²) in [5, 5.41) is 7.17. The Labute approximate surface area is 165 Å². The first kappa shape index (κ1) is 19.7. The van der Waals surface area contributed by atoms with E-state index in [1.54, 1.807) is 15.6 Å². The molecule has 0 bridgehead atoms. The van der Waals surface area contributed by atoms with Crippen molar-refractivity contribution in [2.45, 2.75) is 32.3 Å². The maximum atomic E-state index is 12.6. The minimum atomic E-state index is -0.266. The predicted molar refractivity (Wildman–Crippen MR) is 107 cm³/mol. The third-order valence-corrected chi connectivity index (χ3v) is 4.93. The fourth-order valence-corrected chi connectivity index (χ4v) is 3.31. The Balaban J connectivity index is 1.65. The van der Waals surface area contributed by atoms with Crippen LogP contribution in [0.2, 0.25) is 0 Å². The first-order chi connectivity index (χ1) is 13.5. The fraction of sp³-hybridized carbons (Fsp3) is 0.381. The van der Waals surface area contributed by atoms with Crippen molar-refractivity contribution in [3.63, 3.8) is 0 Å². The first-order valence-corrected chi connectivity index (χ1v) is 9.53. The van der Waals surface area contributed by atoms with Gasteiger partial charge in [-0.2, -0.15) is 5.10 Å². The van der Waals surface area contributed by atoms with Crippen LogP contribution in [0.25, 0.3) is 0 Å². The molecule has 2 aromatic rings. The van der Waals surface area contributed by atoms with Crippen molar-refractivity contribution in [3.8, 4) is 5.75 Å². The highest BCUT2D eigenvalue weighted by atomic mass is 16.5. The van der Waals surface area contributed by atoms with E-state index in [-0.39, 0.29) is 17.9 Å². The number of benzene rings is 1. The Morgan fingerprint density at radius 3 is 2.68 bits per heavy atom. The second-order valence-electron chi connectivity index (χ2n) is 6.79. The summed E-state index contributed by atoms with van der Waals surface area (Å²) in [5.41, 5.74) is 1.99. The lowest BCUT2D eigenvalue weighted by Gasteiger charge is -2.31. The van der Waals surface area contributed by atoms with Crippen LogP contribution >= 0.6 is 0 Å². The number of carbonyl (C=O) groups excluding carboxylic acids is 2. The predicted octanol–water partition coefficient (Wildman–Crippen LogP) is 2.79. The first-order valence-electron chi connectivity index (χ1n) is 9.53. The zero-order valence-electron chi connectivity index (χ0n) is 16.4. The van der Waals surface area contributed by atoms with Gasteiger partial charge in [-0.3, -0.25) is 14.3 Å². The Morgan fingerprint density at radius 1 is 1.32 bits per heavy atom. The summed E-state index contributed by atoms with van der Waals surface area (Å²) in [7, 11) is 1.83. The summed E-state index contributed by atoms with van der Waals surface area (Å²) in [4.78, 5) is 26.1. The van der Waals surface area contributed by atoms with Gasteiger partial charge in [-0.25, -0.2) is 0 Å². The zero-order chi connectivity index (χ0) is 20.1. The molecule has 2 amide bonds. The third kappa shape index (κ3) is 4.42. The number of ether oxygens (including phenoxy) is 1. The standard InChI is InChI=1S/C21H26N4O3/c1-4-15-14-18(23-24(15)3)21(27)22-17-8-6-7-9-19(17)28-16-10-12-25(13-11-16)20(26)5-2/h5-9,14,16H,2,4,10-13H2,1,3H3,(H,22,27). The van der Waals surface area contributed by atoms with Crippen molar-refractivity contribution in [1.82, 2.24) is 14.7 Å². The number of likely N-dealkylation sites (tertiary alicyclic amines) is 1. The molecule has 28 heavy (non-hydrogen) atoms. The van der Waals surface area contributed by atoms with Crippen molar-refractivity contribution in [1.29, 1.82) is 0 Å². The molecule has 3 rings (SSSR count). The molecule has 7 nitrogen and oxygen atoms in total. The van der Waals surface area contributed by atoms with E-state index in [9.17, 15) is 9.59 Å². The van der Waals surface area contributed by atoms with Crippen LogP contribution in [-0.2, 0) is 18.3 Å².